The summed E-state index contributed by atoms with van der Waals surface area (Å²) in [7, 11) is 0. The van der Waals surface area contributed by atoms with Crippen LogP contribution in [0.15, 0.2) is 48.5 Å². The van der Waals surface area contributed by atoms with E-state index in [1.54, 1.807) is 33.4 Å². The Bertz CT molecular complexity index is 948. The lowest BCUT2D eigenvalue weighted by Gasteiger charge is -2.33. The van der Waals surface area contributed by atoms with Crippen molar-refractivity contribution in [3.63, 3.8) is 0 Å². The van der Waals surface area contributed by atoms with E-state index in [0.717, 1.165) is 23.7 Å². The molecule has 2 fully saturated rings. The molecule has 0 spiro atoms. The maximum atomic E-state index is 2.70. The van der Waals surface area contributed by atoms with Gasteiger partial charge in [-0.25, -0.2) is 0 Å². The lowest BCUT2D eigenvalue weighted by atomic mass is 9.72. The second-order valence-corrected chi connectivity index (χ2v) is 10.3. The zero-order valence-corrected chi connectivity index (χ0v) is 17.9. The smallest absolute Gasteiger partial charge is 0.00922 e. The normalized spacial score (nSPS) is 32.6. The Morgan fingerprint density at radius 1 is 0.931 bits per heavy atom. The van der Waals surface area contributed by atoms with Gasteiger partial charge in [0.05, 0.1) is 0 Å². The molecule has 0 amide bonds. The maximum Gasteiger partial charge on any atom is 0.00922 e. The van der Waals surface area contributed by atoms with E-state index in [0.29, 0.717) is 5.92 Å². The van der Waals surface area contributed by atoms with Gasteiger partial charge in [0.15, 0.2) is 0 Å². The molecule has 150 valence electrons. The summed E-state index contributed by atoms with van der Waals surface area (Å²) in [5, 5.41) is 0. The first kappa shape index (κ1) is 18.0. The Morgan fingerprint density at radius 2 is 1.86 bits per heavy atom. The molecule has 4 aliphatic rings. The maximum absolute atomic E-state index is 2.70. The molecule has 0 saturated heterocycles. The monoisotopic (exact) mass is 382 g/mol. The minimum Gasteiger partial charge on any atom is -0.0770 e. The molecule has 5 atom stereocenters. The SMILES string of the molecule is CCC1C=C(C2CC3CCC2C3)c2ccc([C@@H]3CCCc4ccccc43)cc2C1. The fourth-order valence-electron chi connectivity index (χ4n) is 7.28. The predicted octanol–water partition coefficient (Wildman–Crippen LogP) is 7.56. The van der Waals surface area contributed by atoms with Crippen molar-refractivity contribution in [3.8, 4) is 0 Å². The topological polar surface area (TPSA) is 0 Å². The van der Waals surface area contributed by atoms with Crippen molar-refractivity contribution in [1.29, 1.82) is 0 Å². The minimum atomic E-state index is 0.599. The number of hydrogen-bond acceptors (Lipinski definition) is 0. The highest BCUT2D eigenvalue weighted by molar-refractivity contribution is 5.73. The summed E-state index contributed by atoms with van der Waals surface area (Å²) in [6.07, 6.45) is 15.1. The van der Waals surface area contributed by atoms with E-state index in [4.69, 9.17) is 0 Å². The van der Waals surface area contributed by atoms with E-state index in [1.165, 1.54) is 57.8 Å². The summed E-state index contributed by atoms with van der Waals surface area (Å²) in [6.45, 7) is 2.38. The van der Waals surface area contributed by atoms with Gasteiger partial charge in [-0.2, -0.15) is 0 Å². The number of hydrogen-bond donors (Lipinski definition) is 0. The highest BCUT2D eigenvalue weighted by atomic mass is 14.5. The molecule has 0 radical (unpaired) electrons. The van der Waals surface area contributed by atoms with Crippen LogP contribution in [0.4, 0.5) is 0 Å². The van der Waals surface area contributed by atoms with Gasteiger partial charge in [-0.15, -0.1) is 0 Å². The second kappa shape index (κ2) is 7.15. The summed E-state index contributed by atoms with van der Waals surface area (Å²) in [5.74, 6) is 4.18. The van der Waals surface area contributed by atoms with Gasteiger partial charge in [0.2, 0.25) is 0 Å². The van der Waals surface area contributed by atoms with Gasteiger partial charge in [0, 0.05) is 5.92 Å². The third-order valence-electron chi connectivity index (χ3n) is 8.77. The number of allylic oxidation sites excluding steroid dienone is 2. The standard InChI is InChI=1S/C29H34/c1-2-19-14-24-18-23(26-9-5-7-21-6-3-4-8-25(21)26)12-13-27(24)29(16-19)28-17-20-10-11-22(28)15-20/h3-4,6,8,12-13,16,18-20,22,26,28H,2,5,7,9-11,14-15,17H2,1H3/t19?,20?,22?,26-,28?/m0/s1. The first-order chi connectivity index (χ1) is 14.3. The van der Waals surface area contributed by atoms with Crippen LogP contribution < -0.4 is 0 Å². The first-order valence-electron chi connectivity index (χ1n) is 12.2. The second-order valence-electron chi connectivity index (χ2n) is 10.3. The lowest BCUT2D eigenvalue weighted by molar-refractivity contribution is 0.401. The predicted molar refractivity (Wildman–Crippen MR) is 122 cm³/mol. The third kappa shape index (κ3) is 3.02. The van der Waals surface area contributed by atoms with Crippen LogP contribution in [0.1, 0.15) is 85.6 Å². The molecule has 4 unspecified atom stereocenters. The number of fused-ring (bicyclic) bond motifs is 4. The van der Waals surface area contributed by atoms with Gasteiger partial charge in [-0.05, 0) is 108 Å². The molecule has 0 heterocycles. The van der Waals surface area contributed by atoms with E-state index in [9.17, 15) is 0 Å². The third-order valence-corrected chi connectivity index (χ3v) is 8.77. The molecular formula is C29H34. The van der Waals surface area contributed by atoms with Crippen LogP contribution in [-0.2, 0) is 12.8 Å². The van der Waals surface area contributed by atoms with Gasteiger partial charge in [0.1, 0.15) is 0 Å². The molecule has 2 saturated carbocycles. The molecule has 2 aromatic carbocycles. The molecule has 0 aliphatic heterocycles. The first-order valence-corrected chi connectivity index (χ1v) is 12.2. The molecule has 4 aliphatic carbocycles. The van der Waals surface area contributed by atoms with Crippen LogP contribution in [0.2, 0.25) is 0 Å². The van der Waals surface area contributed by atoms with Gasteiger partial charge >= 0.3 is 0 Å². The molecule has 2 bridgehead atoms. The van der Waals surface area contributed by atoms with E-state index >= 15 is 0 Å². The van der Waals surface area contributed by atoms with Crippen molar-refractivity contribution >= 4 is 5.57 Å². The van der Waals surface area contributed by atoms with Crippen LogP contribution >= 0.6 is 0 Å². The molecular weight excluding hydrogens is 348 g/mol. The zero-order chi connectivity index (χ0) is 19.4. The Morgan fingerprint density at radius 3 is 2.69 bits per heavy atom. The molecule has 0 N–H and O–H groups in total. The summed E-state index contributed by atoms with van der Waals surface area (Å²) in [6, 6.07) is 16.8. The van der Waals surface area contributed by atoms with Crippen molar-refractivity contribution in [2.75, 3.05) is 0 Å². The van der Waals surface area contributed by atoms with Gasteiger partial charge in [0.25, 0.3) is 0 Å². The summed E-state index contributed by atoms with van der Waals surface area (Å²) < 4.78 is 0. The van der Waals surface area contributed by atoms with E-state index in [-0.39, 0.29) is 0 Å². The fourth-order valence-corrected chi connectivity index (χ4v) is 7.28. The Hall–Kier alpha value is -1.82. The van der Waals surface area contributed by atoms with Crippen LogP contribution in [0, 0.1) is 23.7 Å². The Kier molecular flexibility index (Phi) is 4.44. The quantitative estimate of drug-likeness (QED) is 0.514. The summed E-state index contributed by atoms with van der Waals surface area (Å²) >= 11 is 0. The molecule has 0 nitrogen and oxygen atoms in total. The van der Waals surface area contributed by atoms with Gasteiger partial charge in [-0.1, -0.05) is 61.9 Å². The van der Waals surface area contributed by atoms with Crippen molar-refractivity contribution in [1.82, 2.24) is 0 Å². The van der Waals surface area contributed by atoms with Crippen molar-refractivity contribution in [2.24, 2.45) is 23.7 Å². The molecule has 2 aromatic rings. The van der Waals surface area contributed by atoms with Crippen molar-refractivity contribution in [2.45, 2.75) is 70.6 Å². The lowest BCUT2D eigenvalue weighted by Crippen LogP contribution is -2.19. The molecule has 0 aromatic heterocycles. The van der Waals surface area contributed by atoms with Gasteiger partial charge in [-0.3, -0.25) is 0 Å². The molecule has 0 heteroatoms. The number of benzene rings is 2. The zero-order valence-electron chi connectivity index (χ0n) is 17.9. The van der Waals surface area contributed by atoms with E-state index in [1.807, 2.05) is 0 Å². The van der Waals surface area contributed by atoms with Crippen molar-refractivity contribution < 1.29 is 0 Å². The largest absolute Gasteiger partial charge is 0.0770 e. The van der Waals surface area contributed by atoms with Crippen LogP contribution in [0.5, 0.6) is 0 Å². The average molecular weight is 383 g/mol. The van der Waals surface area contributed by atoms with Crippen LogP contribution in [0.3, 0.4) is 0 Å². The Labute approximate surface area is 176 Å². The minimum absolute atomic E-state index is 0.599. The molecule has 29 heavy (non-hydrogen) atoms. The van der Waals surface area contributed by atoms with E-state index < -0.39 is 0 Å². The summed E-state index contributed by atoms with van der Waals surface area (Å²) in [4.78, 5) is 0. The average Bonchev–Trinajstić information content (AvgIpc) is 3.41. The molecule has 6 rings (SSSR count). The van der Waals surface area contributed by atoms with Crippen molar-refractivity contribution in [3.05, 3.63) is 76.4 Å². The highest BCUT2D eigenvalue weighted by Crippen LogP contribution is 2.54. The highest BCUT2D eigenvalue weighted by Gasteiger charge is 2.42. The van der Waals surface area contributed by atoms with Gasteiger partial charge < -0.3 is 0 Å². The van der Waals surface area contributed by atoms with Crippen LogP contribution in [0.25, 0.3) is 5.57 Å². The summed E-state index contributed by atoms with van der Waals surface area (Å²) in [5.41, 5.74) is 9.74. The fraction of sp³-hybridized carbons (Fsp3) is 0.517. The number of aryl methyl sites for hydroxylation is 1. The number of rotatable bonds is 3. The Balaban J connectivity index is 1.38. The van der Waals surface area contributed by atoms with Crippen LogP contribution in [-0.4, -0.2) is 0 Å². The van der Waals surface area contributed by atoms with E-state index in [2.05, 4.69) is 55.5 Å².